The zero-order valence-corrected chi connectivity index (χ0v) is 8.28. The Morgan fingerprint density at radius 1 is 0.786 bits per heavy atom. The van der Waals surface area contributed by atoms with E-state index >= 15 is 0 Å². The largest absolute Gasteiger partial charge is 0.400 e. The van der Waals surface area contributed by atoms with Crippen LogP contribution >= 0.6 is 0 Å². The minimum Gasteiger partial charge on any atom is -0.245 e. The van der Waals surface area contributed by atoms with Gasteiger partial charge in [0.25, 0.3) is 0 Å². The maximum absolute atomic E-state index is 10.7. The Balaban J connectivity index is 2.06. The summed E-state index contributed by atoms with van der Waals surface area (Å²) in [5, 5.41) is 0. The predicted molar refractivity (Wildman–Crippen MR) is 39.5 cm³/mol. The van der Waals surface area contributed by atoms with Gasteiger partial charge in [-0.15, -0.1) is 0 Å². The van der Waals surface area contributed by atoms with Gasteiger partial charge in [-0.05, 0) is 0 Å². The topological polar surface area (TPSA) is 105 Å². The molecule has 10 heteroatoms. The van der Waals surface area contributed by atoms with E-state index in [2.05, 4.69) is 16.7 Å². The second-order valence-electron chi connectivity index (χ2n) is 2.65. The summed E-state index contributed by atoms with van der Waals surface area (Å²) in [6.45, 7) is -0.544. The molecule has 0 aromatic carbocycles. The molecule has 0 aromatic rings. The lowest BCUT2D eigenvalue weighted by molar-refractivity contribution is 0.0847. The molecule has 2 atom stereocenters. The molecule has 0 aromatic heterocycles. The molecule has 0 N–H and O–H groups in total. The van der Waals surface area contributed by atoms with E-state index in [0.717, 1.165) is 0 Å². The summed E-state index contributed by atoms with van der Waals surface area (Å²) in [6.07, 6.45) is -1.95. The first-order valence-electron chi connectivity index (χ1n) is 3.53. The van der Waals surface area contributed by atoms with E-state index in [4.69, 9.17) is 0 Å². The van der Waals surface area contributed by atoms with Gasteiger partial charge in [-0.1, -0.05) is 0 Å². The Hall–Kier alpha value is -0.260. The first-order valence-corrected chi connectivity index (χ1v) is 6.20. The van der Waals surface area contributed by atoms with Crippen LogP contribution in [0.25, 0.3) is 0 Å². The predicted octanol–water partition coefficient (Wildman–Crippen LogP) is -1.69. The third kappa shape index (κ3) is 2.04. The van der Waals surface area contributed by atoms with Gasteiger partial charge < -0.3 is 0 Å². The zero-order valence-electron chi connectivity index (χ0n) is 6.65. The van der Waals surface area contributed by atoms with Crippen LogP contribution in [0.4, 0.5) is 0 Å². The summed E-state index contributed by atoms with van der Waals surface area (Å²) in [5.41, 5.74) is 0. The van der Waals surface area contributed by atoms with E-state index in [0.29, 0.717) is 0 Å². The molecule has 0 saturated carbocycles. The Labute approximate surface area is 80.4 Å². The molecule has 2 unspecified atom stereocenters. The Morgan fingerprint density at radius 2 is 1.14 bits per heavy atom. The normalized spacial score (nSPS) is 40.0. The van der Waals surface area contributed by atoms with Crippen molar-refractivity contribution in [2.24, 2.45) is 0 Å². The second kappa shape index (κ2) is 3.12. The molecule has 0 radical (unpaired) electrons. The summed E-state index contributed by atoms with van der Waals surface area (Å²) >= 11 is 0. The lowest BCUT2D eigenvalue weighted by atomic mass is 10.2. The molecular weight excluding hydrogens is 240 g/mol. The minimum atomic E-state index is -4.00. The van der Waals surface area contributed by atoms with Gasteiger partial charge in [-0.25, -0.2) is 16.7 Å². The highest BCUT2D eigenvalue weighted by molar-refractivity contribution is 7.82. The Bertz CT molecular complexity index is 378. The van der Waals surface area contributed by atoms with E-state index in [1.165, 1.54) is 0 Å². The lowest BCUT2D eigenvalue weighted by Gasteiger charge is -2.08. The maximum Gasteiger partial charge on any atom is 0.400 e. The molecule has 14 heavy (non-hydrogen) atoms. The smallest absolute Gasteiger partial charge is 0.245 e. The highest BCUT2D eigenvalue weighted by atomic mass is 32.3. The van der Waals surface area contributed by atoms with Gasteiger partial charge in [-0.3, -0.25) is 0 Å². The van der Waals surface area contributed by atoms with Crippen LogP contribution in [0.2, 0.25) is 0 Å². The van der Waals surface area contributed by atoms with E-state index in [1.807, 2.05) is 0 Å². The molecule has 0 aliphatic carbocycles. The fraction of sp³-hybridized carbons (Fsp3) is 1.00. The molecule has 0 bridgehead atoms. The quantitative estimate of drug-likeness (QED) is 0.539. The molecular formula is C4H6O8S2. The summed E-state index contributed by atoms with van der Waals surface area (Å²) in [5.74, 6) is 0. The van der Waals surface area contributed by atoms with Crippen LogP contribution in [0.15, 0.2) is 0 Å². The lowest BCUT2D eigenvalue weighted by Crippen LogP contribution is -2.30. The molecule has 8 nitrogen and oxygen atoms in total. The Kier molecular flexibility index (Phi) is 2.28. The first kappa shape index (κ1) is 10.3. The van der Waals surface area contributed by atoms with E-state index in [9.17, 15) is 16.8 Å². The molecule has 2 aliphatic heterocycles. The van der Waals surface area contributed by atoms with Gasteiger partial charge in [0.15, 0.2) is 0 Å². The number of rotatable bonds is 1. The van der Waals surface area contributed by atoms with Gasteiger partial charge in [0, 0.05) is 0 Å². The van der Waals surface area contributed by atoms with Crippen molar-refractivity contribution in [3.8, 4) is 0 Å². The second-order valence-corrected chi connectivity index (χ2v) is 5.14. The van der Waals surface area contributed by atoms with Crippen LogP contribution in [0.5, 0.6) is 0 Å². The Morgan fingerprint density at radius 3 is 1.36 bits per heavy atom. The summed E-state index contributed by atoms with van der Waals surface area (Å²) in [4.78, 5) is 0. The average Bonchev–Trinajstić information content (AvgIpc) is 2.54. The van der Waals surface area contributed by atoms with Crippen molar-refractivity contribution in [1.29, 1.82) is 0 Å². The highest BCUT2D eigenvalue weighted by Crippen LogP contribution is 2.23. The van der Waals surface area contributed by atoms with Crippen molar-refractivity contribution in [2.75, 3.05) is 13.2 Å². The standard InChI is InChI=1S/C4H6O8S2/c5-13(6)9-1-3(11-13)4-2-10-14(7,8)12-4/h3-4H,1-2H2. The van der Waals surface area contributed by atoms with Crippen LogP contribution in [-0.2, 0) is 37.5 Å². The van der Waals surface area contributed by atoms with Crippen molar-refractivity contribution in [1.82, 2.24) is 0 Å². The van der Waals surface area contributed by atoms with Crippen molar-refractivity contribution in [3.63, 3.8) is 0 Å². The van der Waals surface area contributed by atoms with Crippen LogP contribution in [0.1, 0.15) is 0 Å². The molecule has 82 valence electrons. The summed E-state index contributed by atoms with van der Waals surface area (Å²) in [6, 6.07) is 0. The van der Waals surface area contributed by atoms with E-state index in [-0.39, 0.29) is 13.2 Å². The van der Waals surface area contributed by atoms with Gasteiger partial charge in [0.1, 0.15) is 12.2 Å². The minimum absolute atomic E-state index is 0.272. The van der Waals surface area contributed by atoms with Gasteiger partial charge >= 0.3 is 20.8 Å². The first-order chi connectivity index (χ1) is 6.38. The maximum atomic E-state index is 10.7. The summed E-state index contributed by atoms with van der Waals surface area (Å²) in [7, 11) is -8.00. The molecule has 2 heterocycles. The number of hydrogen-bond acceptors (Lipinski definition) is 8. The molecule has 2 aliphatic rings. The fourth-order valence-corrected chi connectivity index (χ4v) is 2.73. The van der Waals surface area contributed by atoms with E-state index < -0.39 is 33.0 Å². The molecule has 2 fully saturated rings. The van der Waals surface area contributed by atoms with Gasteiger partial charge in [-0.2, -0.15) is 16.8 Å². The molecule has 2 saturated heterocycles. The van der Waals surface area contributed by atoms with Crippen LogP contribution in [-0.4, -0.2) is 42.3 Å². The summed E-state index contributed by atoms with van der Waals surface area (Å²) < 4.78 is 60.0. The molecule has 2 rings (SSSR count). The van der Waals surface area contributed by atoms with Crippen molar-refractivity contribution in [3.05, 3.63) is 0 Å². The monoisotopic (exact) mass is 246 g/mol. The van der Waals surface area contributed by atoms with Gasteiger partial charge in [0.05, 0.1) is 13.2 Å². The highest BCUT2D eigenvalue weighted by Gasteiger charge is 2.43. The van der Waals surface area contributed by atoms with Crippen LogP contribution < -0.4 is 0 Å². The molecule has 0 amide bonds. The van der Waals surface area contributed by atoms with E-state index in [1.54, 1.807) is 0 Å². The molecule has 0 spiro atoms. The SMILES string of the molecule is O=S1(=O)OCC(C2COS(=O)(=O)O2)O1. The van der Waals surface area contributed by atoms with Crippen LogP contribution in [0, 0.1) is 0 Å². The number of hydrogen-bond donors (Lipinski definition) is 0. The van der Waals surface area contributed by atoms with Gasteiger partial charge in [0.2, 0.25) is 0 Å². The van der Waals surface area contributed by atoms with Crippen LogP contribution in [0.3, 0.4) is 0 Å². The van der Waals surface area contributed by atoms with Crippen molar-refractivity contribution in [2.45, 2.75) is 12.2 Å². The van der Waals surface area contributed by atoms with Crippen molar-refractivity contribution >= 4 is 20.8 Å². The fourth-order valence-electron chi connectivity index (χ4n) is 1.05. The zero-order chi connectivity index (χ0) is 10.4. The average molecular weight is 246 g/mol. The van der Waals surface area contributed by atoms with Crippen molar-refractivity contribution < 1.29 is 33.6 Å². The third-order valence-electron chi connectivity index (χ3n) is 1.65. The third-order valence-corrected chi connectivity index (χ3v) is 3.47.